The highest BCUT2D eigenvalue weighted by Crippen LogP contribution is 2.31. The number of amides is 1. The fourth-order valence-electron chi connectivity index (χ4n) is 4.06. The number of fused-ring (bicyclic) bond motifs is 1. The van der Waals surface area contributed by atoms with Crippen LogP contribution in [0.25, 0.3) is 6.08 Å². The molecule has 0 radical (unpaired) electrons. The van der Waals surface area contributed by atoms with E-state index in [0.717, 1.165) is 16.2 Å². The van der Waals surface area contributed by atoms with E-state index >= 15 is 0 Å². The Kier molecular flexibility index (Phi) is 6.48. The summed E-state index contributed by atoms with van der Waals surface area (Å²) in [5, 5.41) is 4.94. The summed E-state index contributed by atoms with van der Waals surface area (Å²) in [5.74, 6) is 0.446. The van der Waals surface area contributed by atoms with Gasteiger partial charge in [0, 0.05) is 10.6 Å². The fourth-order valence-corrected chi connectivity index (χ4v) is 5.83. The molecule has 1 atom stereocenters. The maximum Gasteiger partial charge on any atom is 0.271 e. The number of nitrogens with zero attached hydrogens (tertiary/aromatic N) is 2. The Balaban J connectivity index is 1.66. The Labute approximate surface area is 210 Å². The molecular weight excluding hydrogens is 478 g/mol. The summed E-state index contributed by atoms with van der Waals surface area (Å²) >= 11 is 2.90. The van der Waals surface area contributed by atoms with Gasteiger partial charge in [-0.1, -0.05) is 47.7 Å². The standard InChI is InChI=1S/C27H23N3O3S2/c1-3-33-20-13-11-18(12-14-20)24-23(25(31)29-19-8-5-4-6-9-19)17(2)28-27-30(24)26(32)22(35-27)16-21-10-7-15-34-21/h4-16,24H,3H2,1-2H3,(H,29,31)/b22-16+. The first-order chi connectivity index (χ1) is 17.0. The van der Waals surface area contributed by atoms with Crippen molar-refractivity contribution in [2.75, 3.05) is 11.9 Å². The summed E-state index contributed by atoms with van der Waals surface area (Å²) in [6.07, 6.45) is 1.88. The third-order valence-corrected chi connectivity index (χ3v) is 7.42. The number of carbonyl (C=O) groups excluding carboxylic acids is 1. The van der Waals surface area contributed by atoms with Crippen LogP contribution < -0.4 is 24.9 Å². The van der Waals surface area contributed by atoms with Gasteiger partial charge in [-0.05, 0) is 61.2 Å². The van der Waals surface area contributed by atoms with Crippen LogP contribution in [-0.2, 0) is 4.79 Å². The Morgan fingerprint density at radius 3 is 2.57 bits per heavy atom. The summed E-state index contributed by atoms with van der Waals surface area (Å²) in [5.41, 5.74) is 2.34. The van der Waals surface area contributed by atoms with Gasteiger partial charge in [-0.15, -0.1) is 11.3 Å². The zero-order valence-corrected chi connectivity index (χ0v) is 20.9. The number of nitrogens with one attached hydrogen (secondary N) is 1. The maximum absolute atomic E-state index is 13.6. The number of thiophene rings is 1. The van der Waals surface area contributed by atoms with Gasteiger partial charge >= 0.3 is 0 Å². The van der Waals surface area contributed by atoms with Gasteiger partial charge in [0.05, 0.1) is 28.5 Å². The molecule has 1 N–H and O–H groups in total. The number of aromatic nitrogens is 1. The fraction of sp³-hybridized carbons (Fsp3) is 0.148. The van der Waals surface area contributed by atoms with E-state index in [4.69, 9.17) is 4.74 Å². The molecule has 5 rings (SSSR count). The summed E-state index contributed by atoms with van der Waals surface area (Å²) in [6.45, 7) is 4.30. The first kappa shape index (κ1) is 23.0. The molecule has 4 aromatic rings. The van der Waals surface area contributed by atoms with Crippen LogP contribution in [0.15, 0.2) is 93.2 Å². The van der Waals surface area contributed by atoms with Crippen molar-refractivity contribution in [2.45, 2.75) is 19.9 Å². The summed E-state index contributed by atoms with van der Waals surface area (Å²) in [6, 6.07) is 20.1. The molecule has 1 amide bonds. The largest absolute Gasteiger partial charge is 0.494 e. The molecular formula is C27H23N3O3S2. The van der Waals surface area contributed by atoms with Crippen molar-refractivity contribution in [3.8, 4) is 5.75 Å². The zero-order chi connectivity index (χ0) is 24.4. The molecule has 0 saturated heterocycles. The molecule has 2 aromatic heterocycles. The number of hydrogen-bond acceptors (Lipinski definition) is 6. The topological polar surface area (TPSA) is 72.7 Å². The monoisotopic (exact) mass is 501 g/mol. The Morgan fingerprint density at radius 2 is 1.89 bits per heavy atom. The molecule has 0 saturated carbocycles. The normalized spacial score (nSPS) is 15.5. The SMILES string of the molecule is CCOc1ccc(C2C(C(=O)Nc3ccccc3)=C(C)N=c3s/c(=C/c4cccs4)c(=O)n32)cc1. The Morgan fingerprint density at radius 1 is 1.11 bits per heavy atom. The van der Waals surface area contributed by atoms with Crippen molar-refractivity contribution < 1.29 is 9.53 Å². The minimum absolute atomic E-state index is 0.168. The summed E-state index contributed by atoms with van der Waals surface area (Å²) in [7, 11) is 0. The molecule has 0 bridgehead atoms. The van der Waals surface area contributed by atoms with Gasteiger partial charge < -0.3 is 10.1 Å². The van der Waals surface area contributed by atoms with Gasteiger partial charge in [0.1, 0.15) is 5.75 Å². The molecule has 1 aliphatic rings. The highest BCUT2D eigenvalue weighted by molar-refractivity contribution is 7.11. The second kappa shape index (κ2) is 9.85. The molecule has 0 fully saturated rings. The lowest BCUT2D eigenvalue weighted by molar-refractivity contribution is -0.113. The number of thiazole rings is 1. The first-order valence-corrected chi connectivity index (χ1v) is 12.9. The van der Waals surface area contributed by atoms with Gasteiger partial charge in [-0.2, -0.15) is 0 Å². The van der Waals surface area contributed by atoms with E-state index in [1.54, 1.807) is 15.9 Å². The van der Waals surface area contributed by atoms with E-state index < -0.39 is 6.04 Å². The minimum Gasteiger partial charge on any atom is -0.494 e. The van der Waals surface area contributed by atoms with Crippen molar-refractivity contribution in [2.24, 2.45) is 4.99 Å². The molecule has 0 spiro atoms. The van der Waals surface area contributed by atoms with E-state index in [-0.39, 0.29) is 11.5 Å². The number of allylic oxidation sites excluding steroid dienone is 1. The van der Waals surface area contributed by atoms with E-state index in [2.05, 4.69) is 10.3 Å². The second-order valence-corrected chi connectivity index (χ2v) is 9.91. The number of hydrogen-bond donors (Lipinski definition) is 1. The van der Waals surface area contributed by atoms with Crippen molar-refractivity contribution in [1.29, 1.82) is 0 Å². The third-order valence-electron chi connectivity index (χ3n) is 5.62. The predicted molar refractivity (Wildman–Crippen MR) is 141 cm³/mol. The number of para-hydroxylation sites is 1. The van der Waals surface area contributed by atoms with Crippen LogP contribution >= 0.6 is 22.7 Å². The van der Waals surface area contributed by atoms with E-state index in [9.17, 15) is 9.59 Å². The van der Waals surface area contributed by atoms with Crippen LogP contribution in [0.3, 0.4) is 0 Å². The zero-order valence-electron chi connectivity index (χ0n) is 19.2. The molecule has 3 heterocycles. The van der Waals surface area contributed by atoms with E-state index in [1.165, 1.54) is 11.3 Å². The average Bonchev–Trinajstić information content (AvgIpc) is 3.47. The van der Waals surface area contributed by atoms with Crippen molar-refractivity contribution >= 4 is 40.3 Å². The van der Waals surface area contributed by atoms with Crippen molar-refractivity contribution in [3.05, 3.63) is 114 Å². The molecule has 0 aliphatic carbocycles. The number of anilines is 1. The van der Waals surface area contributed by atoms with Crippen LogP contribution in [0, 0.1) is 0 Å². The highest BCUT2D eigenvalue weighted by Gasteiger charge is 2.32. The molecule has 176 valence electrons. The van der Waals surface area contributed by atoms with Crippen LogP contribution in [-0.4, -0.2) is 17.1 Å². The van der Waals surface area contributed by atoms with Gasteiger partial charge in [-0.25, -0.2) is 4.99 Å². The number of rotatable bonds is 6. The van der Waals surface area contributed by atoms with E-state index in [0.29, 0.717) is 32.9 Å². The number of ether oxygens (including phenoxy) is 1. The van der Waals surface area contributed by atoms with Crippen LogP contribution in [0.1, 0.15) is 30.3 Å². The summed E-state index contributed by atoms with van der Waals surface area (Å²) < 4.78 is 7.81. The minimum atomic E-state index is -0.615. The van der Waals surface area contributed by atoms with Crippen LogP contribution in [0.2, 0.25) is 0 Å². The lowest BCUT2D eigenvalue weighted by Gasteiger charge is -2.25. The summed E-state index contributed by atoms with van der Waals surface area (Å²) in [4.78, 5) is 33.4. The third kappa shape index (κ3) is 4.62. The lowest BCUT2D eigenvalue weighted by atomic mass is 9.95. The van der Waals surface area contributed by atoms with Crippen LogP contribution in [0.4, 0.5) is 5.69 Å². The maximum atomic E-state index is 13.6. The van der Waals surface area contributed by atoms with Gasteiger partial charge in [0.15, 0.2) is 4.80 Å². The first-order valence-electron chi connectivity index (χ1n) is 11.2. The van der Waals surface area contributed by atoms with Gasteiger partial charge in [-0.3, -0.25) is 14.2 Å². The molecule has 2 aromatic carbocycles. The molecule has 8 heteroatoms. The van der Waals surface area contributed by atoms with Crippen molar-refractivity contribution in [1.82, 2.24) is 4.57 Å². The Bertz CT molecular complexity index is 1570. The highest BCUT2D eigenvalue weighted by atomic mass is 32.1. The number of carbonyl (C=O) groups is 1. The Hall–Kier alpha value is -3.75. The van der Waals surface area contributed by atoms with Gasteiger partial charge in [0.25, 0.3) is 11.5 Å². The molecule has 1 unspecified atom stereocenters. The molecule has 6 nitrogen and oxygen atoms in total. The van der Waals surface area contributed by atoms with Crippen LogP contribution in [0.5, 0.6) is 5.75 Å². The van der Waals surface area contributed by atoms with E-state index in [1.807, 2.05) is 92.0 Å². The molecule has 1 aliphatic heterocycles. The quantitative estimate of drug-likeness (QED) is 0.427. The van der Waals surface area contributed by atoms with Crippen molar-refractivity contribution in [3.63, 3.8) is 0 Å². The lowest BCUT2D eigenvalue weighted by Crippen LogP contribution is -2.40. The average molecular weight is 502 g/mol. The smallest absolute Gasteiger partial charge is 0.271 e. The molecule has 35 heavy (non-hydrogen) atoms. The number of benzene rings is 2. The second-order valence-electron chi connectivity index (χ2n) is 7.92. The van der Waals surface area contributed by atoms with Gasteiger partial charge in [0.2, 0.25) is 0 Å². The predicted octanol–water partition coefficient (Wildman–Crippen LogP) is 4.33.